The zero-order chi connectivity index (χ0) is 38.4. The fraction of sp³-hybridized carbons (Fsp3) is 0.0357. The van der Waals surface area contributed by atoms with Crippen LogP contribution in [0.1, 0.15) is 27.8 Å². The molecular weight excluding hydrogens is 703 g/mol. The first kappa shape index (κ1) is 32.8. The summed E-state index contributed by atoms with van der Waals surface area (Å²) >= 11 is 0. The van der Waals surface area contributed by atoms with Gasteiger partial charge in [0.15, 0.2) is 0 Å². The van der Waals surface area contributed by atoms with Gasteiger partial charge in [-0.05, 0) is 111 Å². The fourth-order valence-electron chi connectivity index (χ4n) is 9.98. The van der Waals surface area contributed by atoms with Crippen molar-refractivity contribution in [3.63, 3.8) is 0 Å². The molecule has 10 aromatic rings. The monoisotopic (exact) mass is 739 g/mol. The maximum absolute atomic E-state index is 6.46. The van der Waals surface area contributed by atoms with Crippen molar-refractivity contribution in [2.75, 3.05) is 4.90 Å². The summed E-state index contributed by atoms with van der Waals surface area (Å²) in [4.78, 5) is 2.41. The van der Waals surface area contributed by atoms with Crippen LogP contribution >= 0.6 is 0 Å². The molecule has 0 unspecified atom stereocenters. The second kappa shape index (κ2) is 12.5. The average Bonchev–Trinajstić information content (AvgIpc) is 3.92. The summed E-state index contributed by atoms with van der Waals surface area (Å²) in [5, 5.41) is 2.27. The smallest absolute Gasteiger partial charge is 0.143 e. The summed E-state index contributed by atoms with van der Waals surface area (Å²) in [5.41, 5.74) is 21.1. The van der Waals surface area contributed by atoms with Crippen molar-refractivity contribution < 1.29 is 4.42 Å². The molecule has 0 atom stereocenters. The molecule has 0 N–H and O–H groups in total. The van der Waals surface area contributed by atoms with Gasteiger partial charge in [0.25, 0.3) is 0 Å². The van der Waals surface area contributed by atoms with Crippen LogP contribution in [0.2, 0.25) is 0 Å². The first-order chi connectivity index (χ1) is 28.7. The van der Waals surface area contributed by atoms with Crippen LogP contribution in [0.4, 0.5) is 17.1 Å². The van der Waals surface area contributed by atoms with Crippen LogP contribution in [0.5, 0.6) is 0 Å². The Balaban J connectivity index is 1.04. The van der Waals surface area contributed by atoms with Crippen molar-refractivity contribution in [1.29, 1.82) is 0 Å². The quantitative estimate of drug-likeness (QED) is 0.175. The lowest BCUT2D eigenvalue weighted by molar-refractivity contribution is 0.670. The Kier molecular flexibility index (Phi) is 7.09. The number of hydrogen-bond acceptors (Lipinski definition) is 2. The Morgan fingerprint density at radius 1 is 0.362 bits per heavy atom. The van der Waals surface area contributed by atoms with Gasteiger partial charge in [0.05, 0.1) is 5.41 Å². The molecular formula is C56H37NO. The number of furan rings is 1. The largest absolute Gasteiger partial charge is 0.455 e. The summed E-state index contributed by atoms with van der Waals surface area (Å²) in [6.07, 6.45) is 0. The lowest BCUT2D eigenvalue weighted by atomic mass is 9.70. The number of nitrogens with zero attached hydrogens (tertiary/aromatic N) is 1. The van der Waals surface area contributed by atoms with Crippen LogP contribution in [-0.2, 0) is 5.41 Å². The maximum atomic E-state index is 6.46. The van der Waals surface area contributed by atoms with E-state index in [1.165, 1.54) is 61.2 Å². The number of benzene rings is 9. The third-order valence-corrected chi connectivity index (χ3v) is 12.6. The number of rotatable bonds is 5. The molecule has 0 bridgehead atoms. The minimum atomic E-state index is -0.425. The van der Waals surface area contributed by atoms with E-state index in [-0.39, 0.29) is 0 Å². The van der Waals surface area contributed by atoms with Gasteiger partial charge in [-0.25, -0.2) is 0 Å². The van der Waals surface area contributed by atoms with Gasteiger partial charge in [-0.15, -0.1) is 0 Å². The number of hydrogen-bond donors (Lipinski definition) is 0. The minimum Gasteiger partial charge on any atom is -0.455 e. The molecule has 2 aliphatic rings. The lowest BCUT2D eigenvalue weighted by Crippen LogP contribution is -2.26. The third-order valence-electron chi connectivity index (χ3n) is 12.6. The highest BCUT2D eigenvalue weighted by Gasteiger charge is 2.51. The molecule has 2 heteroatoms. The molecule has 0 aliphatic heterocycles. The molecule has 0 saturated heterocycles. The van der Waals surface area contributed by atoms with Gasteiger partial charge >= 0.3 is 0 Å². The van der Waals surface area contributed by atoms with Crippen molar-refractivity contribution in [1.82, 2.24) is 0 Å². The molecule has 1 aromatic heterocycles. The van der Waals surface area contributed by atoms with E-state index in [2.05, 4.69) is 206 Å². The summed E-state index contributed by atoms with van der Waals surface area (Å²) in [6.45, 7) is 2.13. The summed E-state index contributed by atoms with van der Waals surface area (Å²) < 4.78 is 6.46. The van der Waals surface area contributed by atoms with Crippen molar-refractivity contribution in [3.05, 3.63) is 234 Å². The molecule has 12 rings (SSSR count). The van der Waals surface area contributed by atoms with Crippen LogP contribution in [0.15, 0.2) is 211 Å². The molecule has 2 nitrogen and oxygen atoms in total. The van der Waals surface area contributed by atoms with Crippen LogP contribution < -0.4 is 4.90 Å². The standard InChI is InChI=1S/C56H37NO/c1-36-21-23-37(24-22-36)38-25-29-40(30-26-38)57(41-31-27-39(28-32-41)43-15-10-16-49-48-14-5-9-20-54(48)58-55(43)49)42-33-34-47-46-13-4-8-19-52(46)56(53(47)35-42)50-17-6-2-11-44(50)45-12-3-7-18-51(45)56/h2-35H,1H3. The zero-order valence-electron chi connectivity index (χ0n) is 32.0. The molecule has 1 heterocycles. The summed E-state index contributed by atoms with van der Waals surface area (Å²) in [6, 6.07) is 75.7. The Morgan fingerprint density at radius 3 is 1.45 bits per heavy atom. The molecule has 0 saturated carbocycles. The van der Waals surface area contributed by atoms with Gasteiger partial charge < -0.3 is 9.32 Å². The second-order valence-electron chi connectivity index (χ2n) is 15.7. The van der Waals surface area contributed by atoms with Crippen LogP contribution in [0, 0.1) is 6.92 Å². The van der Waals surface area contributed by atoms with E-state index in [0.717, 1.165) is 50.1 Å². The van der Waals surface area contributed by atoms with Crippen LogP contribution in [0.25, 0.3) is 66.4 Å². The maximum Gasteiger partial charge on any atom is 0.143 e. The van der Waals surface area contributed by atoms with Crippen molar-refractivity contribution >= 4 is 39.0 Å². The Hall–Kier alpha value is -7.42. The van der Waals surface area contributed by atoms with Crippen molar-refractivity contribution in [3.8, 4) is 44.5 Å². The van der Waals surface area contributed by atoms with Crippen LogP contribution in [-0.4, -0.2) is 0 Å². The van der Waals surface area contributed by atoms with E-state index >= 15 is 0 Å². The molecule has 58 heavy (non-hydrogen) atoms. The topological polar surface area (TPSA) is 16.4 Å². The normalized spacial score (nSPS) is 13.1. The minimum absolute atomic E-state index is 0.425. The zero-order valence-corrected chi connectivity index (χ0v) is 32.0. The predicted octanol–water partition coefficient (Wildman–Crippen LogP) is 15.0. The highest BCUT2D eigenvalue weighted by Crippen LogP contribution is 2.63. The van der Waals surface area contributed by atoms with Gasteiger partial charge in [-0.3, -0.25) is 0 Å². The van der Waals surface area contributed by atoms with E-state index in [1.807, 2.05) is 12.1 Å². The lowest BCUT2D eigenvalue weighted by Gasteiger charge is -2.32. The van der Waals surface area contributed by atoms with Gasteiger partial charge in [0, 0.05) is 33.4 Å². The molecule has 0 fully saturated rings. The molecule has 0 radical (unpaired) electrons. The van der Waals surface area contributed by atoms with E-state index in [4.69, 9.17) is 4.42 Å². The highest BCUT2D eigenvalue weighted by molar-refractivity contribution is 6.09. The first-order valence-corrected chi connectivity index (χ1v) is 20.1. The Bertz CT molecular complexity index is 3160. The number of para-hydroxylation sites is 2. The third kappa shape index (κ3) is 4.66. The predicted molar refractivity (Wildman–Crippen MR) is 240 cm³/mol. The Labute approximate surface area is 337 Å². The molecule has 2 aliphatic carbocycles. The van der Waals surface area contributed by atoms with E-state index in [0.29, 0.717) is 0 Å². The second-order valence-corrected chi connectivity index (χ2v) is 15.7. The van der Waals surface area contributed by atoms with E-state index in [9.17, 15) is 0 Å². The molecule has 9 aromatic carbocycles. The number of fused-ring (bicyclic) bond motifs is 13. The SMILES string of the molecule is Cc1ccc(-c2ccc(N(c3ccc(-c4cccc5c4oc4ccccc45)cc3)c3ccc4c(c3)C3(c5ccccc5-c5ccccc53)c3ccccc3-4)cc2)cc1. The van der Waals surface area contributed by atoms with E-state index in [1.54, 1.807) is 0 Å². The van der Waals surface area contributed by atoms with Crippen LogP contribution in [0.3, 0.4) is 0 Å². The Morgan fingerprint density at radius 2 is 0.828 bits per heavy atom. The molecule has 0 amide bonds. The van der Waals surface area contributed by atoms with E-state index < -0.39 is 5.41 Å². The molecule has 272 valence electrons. The molecule has 1 spiro atoms. The summed E-state index contributed by atoms with van der Waals surface area (Å²) in [7, 11) is 0. The number of aryl methyl sites for hydroxylation is 1. The van der Waals surface area contributed by atoms with Crippen molar-refractivity contribution in [2.24, 2.45) is 0 Å². The first-order valence-electron chi connectivity index (χ1n) is 20.1. The summed E-state index contributed by atoms with van der Waals surface area (Å²) in [5.74, 6) is 0. The van der Waals surface area contributed by atoms with Gasteiger partial charge in [0.1, 0.15) is 11.2 Å². The highest BCUT2D eigenvalue weighted by atomic mass is 16.3. The van der Waals surface area contributed by atoms with Gasteiger partial charge in [-0.1, -0.05) is 169 Å². The van der Waals surface area contributed by atoms with Gasteiger partial charge in [0.2, 0.25) is 0 Å². The number of anilines is 3. The fourth-order valence-corrected chi connectivity index (χ4v) is 9.98. The van der Waals surface area contributed by atoms with Gasteiger partial charge in [-0.2, -0.15) is 0 Å². The van der Waals surface area contributed by atoms with Crippen molar-refractivity contribution in [2.45, 2.75) is 12.3 Å². The average molecular weight is 740 g/mol.